The second-order valence-corrected chi connectivity index (χ2v) is 4.88. The molecule has 0 bridgehead atoms. The minimum absolute atomic E-state index is 0.182. The van der Waals surface area contributed by atoms with Crippen molar-refractivity contribution in [2.24, 2.45) is 0 Å². The monoisotopic (exact) mass is 287 g/mol. The molecule has 0 aliphatic rings. The van der Waals surface area contributed by atoms with Crippen LogP contribution in [-0.4, -0.2) is 26.2 Å². The van der Waals surface area contributed by atoms with Crippen molar-refractivity contribution in [2.75, 3.05) is 6.61 Å². The van der Waals surface area contributed by atoms with Crippen LogP contribution in [0.15, 0.2) is 42.7 Å². The Labute approximate surface area is 121 Å². The quantitative estimate of drug-likeness (QED) is 0.750. The topological polar surface area (TPSA) is 50.9 Å². The Bertz CT molecular complexity index is 739. The third-order valence-corrected chi connectivity index (χ3v) is 3.43. The van der Waals surface area contributed by atoms with Crippen molar-refractivity contribution in [2.45, 2.75) is 13.0 Å². The van der Waals surface area contributed by atoms with Crippen molar-refractivity contribution in [3.8, 4) is 11.3 Å². The van der Waals surface area contributed by atoms with Gasteiger partial charge < -0.3 is 9.67 Å². The predicted octanol–water partition coefficient (Wildman–Crippen LogP) is 3.13. The predicted molar refractivity (Wildman–Crippen MR) is 79.7 cm³/mol. The molecule has 3 aromatic rings. The van der Waals surface area contributed by atoms with Crippen LogP contribution in [-0.2, 0) is 6.54 Å². The van der Waals surface area contributed by atoms with Crippen LogP contribution >= 0.6 is 11.6 Å². The summed E-state index contributed by atoms with van der Waals surface area (Å²) in [6.07, 6.45) is 4.44. The summed E-state index contributed by atoms with van der Waals surface area (Å²) >= 11 is 5.87. The number of aliphatic hydroxyl groups is 1. The van der Waals surface area contributed by atoms with Crippen LogP contribution in [0.4, 0.5) is 0 Å². The molecule has 4 nitrogen and oxygen atoms in total. The number of nitrogens with zero attached hydrogens (tertiary/aromatic N) is 3. The summed E-state index contributed by atoms with van der Waals surface area (Å²) in [7, 11) is 0. The minimum Gasteiger partial charge on any atom is -0.396 e. The highest BCUT2D eigenvalue weighted by molar-refractivity contribution is 6.28. The smallest absolute Gasteiger partial charge is 0.222 e. The molecular formula is C15H14ClN3O. The minimum atomic E-state index is 0.182. The first-order valence-corrected chi connectivity index (χ1v) is 6.85. The maximum atomic E-state index is 9.01. The Morgan fingerprint density at radius 1 is 1.20 bits per heavy atom. The Hall–Kier alpha value is -1.91. The van der Waals surface area contributed by atoms with Gasteiger partial charge in [-0.15, -0.1) is 0 Å². The summed E-state index contributed by atoms with van der Waals surface area (Å²) in [4.78, 5) is 8.20. The molecule has 0 aliphatic heterocycles. The molecule has 1 aromatic carbocycles. The number of aryl methyl sites for hydroxylation is 1. The highest BCUT2D eigenvalue weighted by Crippen LogP contribution is 2.29. The molecule has 2 heterocycles. The standard InChI is InChI=1S/C15H14ClN3O/c16-15-17-7-6-13(18-15)12-10-19(8-3-9-20)14-5-2-1-4-11(12)14/h1-2,4-7,10,20H,3,8-9H2. The molecule has 0 aliphatic carbocycles. The van der Waals surface area contributed by atoms with Gasteiger partial charge in [0.1, 0.15) is 0 Å². The van der Waals surface area contributed by atoms with Gasteiger partial charge in [0.2, 0.25) is 5.28 Å². The molecule has 0 spiro atoms. The summed E-state index contributed by atoms with van der Waals surface area (Å²) in [6, 6.07) is 10.00. The van der Waals surface area contributed by atoms with Crippen LogP contribution in [0.3, 0.4) is 0 Å². The summed E-state index contributed by atoms with van der Waals surface area (Å²) in [6.45, 7) is 0.955. The van der Waals surface area contributed by atoms with Gasteiger partial charge in [0, 0.05) is 42.0 Å². The zero-order chi connectivity index (χ0) is 13.9. The molecule has 3 rings (SSSR count). The zero-order valence-corrected chi connectivity index (χ0v) is 11.6. The SMILES string of the molecule is OCCCn1cc(-c2ccnc(Cl)n2)c2ccccc21. The lowest BCUT2D eigenvalue weighted by Crippen LogP contribution is -1.97. The Morgan fingerprint density at radius 3 is 2.85 bits per heavy atom. The molecular weight excluding hydrogens is 274 g/mol. The van der Waals surface area contributed by atoms with E-state index in [4.69, 9.17) is 16.7 Å². The van der Waals surface area contributed by atoms with Crippen molar-refractivity contribution in [3.05, 3.63) is 48.0 Å². The summed E-state index contributed by atoms with van der Waals surface area (Å²) < 4.78 is 2.14. The van der Waals surface area contributed by atoms with Crippen molar-refractivity contribution in [1.82, 2.24) is 14.5 Å². The molecule has 0 radical (unpaired) electrons. The van der Waals surface area contributed by atoms with Gasteiger partial charge in [-0.1, -0.05) is 18.2 Å². The van der Waals surface area contributed by atoms with Gasteiger partial charge in [-0.05, 0) is 30.2 Å². The van der Waals surface area contributed by atoms with E-state index in [2.05, 4.69) is 32.9 Å². The lowest BCUT2D eigenvalue weighted by Gasteiger charge is -2.02. The van der Waals surface area contributed by atoms with Gasteiger partial charge in [-0.3, -0.25) is 0 Å². The van der Waals surface area contributed by atoms with Gasteiger partial charge in [0.05, 0.1) is 5.69 Å². The van der Waals surface area contributed by atoms with Crippen molar-refractivity contribution < 1.29 is 5.11 Å². The van der Waals surface area contributed by atoms with Crippen LogP contribution in [0.2, 0.25) is 5.28 Å². The highest BCUT2D eigenvalue weighted by Gasteiger charge is 2.11. The second kappa shape index (κ2) is 5.61. The first-order valence-electron chi connectivity index (χ1n) is 6.47. The number of benzene rings is 1. The molecule has 0 atom stereocenters. The van der Waals surface area contributed by atoms with E-state index in [1.165, 1.54) is 0 Å². The number of halogens is 1. The number of fused-ring (bicyclic) bond motifs is 1. The number of rotatable bonds is 4. The van der Waals surface area contributed by atoms with Crippen LogP contribution in [0.5, 0.6) is 0 Å². The molecule has 20 heavy (non-hydrogen) atoms. The van der Waals surface area contributed by atoms with Crippen molar-refractivity contribution in [1.29, 1.82) is 0 Å². The van der Waals surface area contributed by atoms with Crippen molar-refractivity contribution >= 4 is 22.5 Å². The van der Waals surface area contributed by atoms with Crippen LogP contribution in [0.1, 0.15) is 6.42 Å². The Balaban J connectivity index is 2.15. The largest absolute Gasteiger partial charge is 0.396 e. The maximum Gasteiger partial charge on any atom is 0.222 e. The molecule has 0 unspecified atom stereocenters. The van der Waals surface area contributed by atoms with E-state index in [1.54, 1.807) is 6.20 Å². The fourth-order valence-electron chi connectivity index (χ4n) is 2.36. The second-order valence-electron chi connectivity index (χ2n) is 4.54. The van der Waals surface area contributed by atoms with Gasteiger partial charge in [0.15, 0.2) is 0 Å². The van der Waals surface area contributed by atoms with E-state index in [-0.39, 0.29) is 11.9 Å². The number of hydrogen-bond donors (Lipinski definition) is 1. The van der Waals surface area contributed by atoms with E-state index in [0.29, 0.717) is 0 Å². The molecule has 0 fully saturated rings. The molecule has 0 saturated carbocycles. The third kappa shape index (κ3) is 2.40. The average molecular weight is 288 g/mol. The zero-order valence-electron chi connectivity index (χ0n) is 10.8. The average Bonchev–Trinajstić information content (AvgIpc) is 2.84. The molecule has 2 aromatic heterocycles. The number of aromatic nitrogens is 3. The van der Waals surface area contributed by atoms with E-state index in [0.717, 1.165) is 35.1 Å². The van der Waals surface area contributed by atoms with Gasteiger partial charge >= 0.3 is 0 Å². The molecule has 0 amide bonds. The van der Waals surface area contributed by atoms with E-state index in [1.807, 2.05) is 18.2 Å². The van der Waals surface area contributed by atoms with Crippen LogP contribution in [0.25, 0.3) is 22.2 Å². The first-order chi connectivity index (χ1) is 9.79. The highest BCUT2D eigenvalue weighted by atomic mass is 35.5. The fraction of sp³-hybridized carbons (Fsp3) is 0.200. The first kappa shape index (κ1) is 13.1. The summed E-state index contributed by atoms with van der Waals surface area (Å²) in [5, 5.41) is 10.4. The van der Waals surface area contributed by atoms with Gasteiger partial charge in [-0.25, -0.2) is 9.97 Å². The Kier molecular flexibility index (Phi) is 3.67. The summed E-state index contributed by atoms with van der Waals surface area (Å²) in [5.74, 6) is 0. The third-order valence-electron chi connectivity index (χ3n) is 3.25. The van der Waals surface area contributed by atoms with E-state index >= 15 is 0 Å². The lowest BCUT2D eigenvalue weighted by atomic mass is 10.1. The Morgan fingerprint density at radius 2 is 2.05 bits per heavy atom. The molecule has 5 heteroatoms. The molecule has 1 N–H and O–H groups in total. The lowest BCUT2D eigenvalue weighted by molar-refractivity contribution is 0.280. The molecule has 102 valence electrons. The fourth-order valence-corrected chi connectivity index (χ4v) is 2.51. The number of hydrogen-bond acceptors (Lipinski definition) is 3. The number of para-hydroxylation sites is 1. The van der Waals surface area contributed by atoms with E-state index < -0.39 is 0 Å². The van der Waals surface area contributed by atoms with E-state index in [9.17, 15) is 0 Å². The normalized spacial score (nSPS) is 11.1. The van der Waals surface area contributed by atoms with Crippen molar-refractivity contribution in [3.63, 3.8) is 0 Å². The van der Waals surface area contributed by atoms with Gasteiger partial charge in [0.25, 0.3) is 0 Å². The van der Waals surface area contributed by atoms with Crippen LogP contribution in [0, 0.1) is 0 Å². The maximum absolute atomic E-state index is 9.01. The molecule has 0 saturated heterocycles. The summed E-state index contributed by atoms with van der Waals surface area (Å²) in [5.41, 5.74) is 2.97. The van der Waals surface area contributed by atoms with Crippen LogP contribution < -0.4 is 0 Å². The van der Waals surface area contributed by atoms with Gasteiger partial charge in [-0.2, -0.15) is 0 Å². The number of aliphatic hydroxyl groups excluding tert-OH is 1.